The zero-order chi connectivity index (χ0) is 60.5. The second-order valence-electron chi connectivity index (χ2n) is 21.3. The van der Waals surface area contributed by atoms with E-state index in [9.17, 15) is 97.3 Å². The Balaban J connectivity index is 1.74. The molecule has 0 spiro atoms. The highest BCUT2D eigenvalue weighted by Crippen LogP contribution is 2.33. The van der Waals surface area contributed by atoms with Crippen molar-refractivity contribution in [1.29, 1.82) is 0 Å². The van der Waals surface area contributed by atoms with Crippen LogP contribution in [0.1, 0.15) is 142 Å². The van der Waals surface area contributed by atoms with Crippen molar-refractivity contribution in [3.63, 3.8) is 0 Å². The number of benzene rings is 1. The number of carbonyl (C=O) groups excluding carboxylic acids is 8. The molecule has 0 aromatic heterocycles. The third kappa shape index (κ3) is 19.9. The average Bonchev–Trinajstić information content (AvgIpc) is 3.94. The number of nitrogens with two attached hydrogens (primary N) is 1. The Labute approximate surface area is 469 Å². The molecule has 81 heavy (non-hydrogen) atoms. The Morgan fingerprint density at radius 3 is 1.86 bits per heavy atom. The molecule has 0 saturated carbocycles. The number of nitrogens with zero attached hydrogens (tertiary/aromatic N) is 2. The molecule has 1 aromatic carbocycles. The normalized spacial score (nSPS) is 28.0. The highest BCUT2D eigenvalue weighted by molar-refractivity contribution is 7.81. The molecular formula is C51H82N8O21S. The number of carbonyl (C=O) groups is 8. The van der Waals surface area contributed by atoms with Crippen molar-refractivity contribution in [2.75, 3.05) is 13.1 Å². The van der Waals surface area contributed by atoms with Gasteiger partial charge in [0.1, 0.15) is 54.6 Å². The number of fused-ring (bicyclic) bond motifs is 2. The van der Waals surface area contributed by atoms with Gasteiger partial charge in [0, 0.05) is 38.3 Å². The molecule has 0 bridgehead atoms. The molecule has 3 saturated heterocycles. The van der Waals surface area contributed by atoms with Crippen LogP contribution in [0.5, 0.6) is 11.5 Å². The van der Waals surface area contributed by atoms with Crippen molar-refractivity contribution >= 4 is 57.7 Å². The maximum atomic E-state index is 14.6. The van der Waals surface area contributed by atoms with Crippen molar-refractivity contribution in [3.8, 4) is 11.5 Å². The Morgan fingerprint density at radius 2 is 1.30 bits per heavy atom. The Morgan fingerprint density at radius 1 is 0.741 bits per heavy atom. The molecule has 29 nitrogen and oxygen atoms in total. The molecule has 17 N–H and O–H groups in total. The Kier molecular flexibility index (Phi) is 26.4. The van der Waals surface area contributed by atoms with E-state index in [2.05, 4.69) is 27.1 Å². The van der Waals surface area contributed by atoms with E-state index in [1.807, 2.05) is 10.6 Å². The third-order valence-electron chi connectivity index (χ3n) is 14.6. The van der Waals surface area contributed by atoms with Crippen molar-refractivity contribution in [2.24, 2.45) is 11.7 Å². The molecule has 4 rings (SSSR count). The topological polar surface area (TPSA) is 475 Å². The van der Waals surface area contributed by atoms with Crippen LogP contribution in [-0.4, -0.2) is 208 Å². The minimum atomic E-state index is -5.33. The van der Waals surface area contributed by atoms with E-state index in [4.69, 9.17) is 5.73 Å². The van der Waals surface area contributed by atoms with Gasteiger partial charge in [-0.25, -0.2) is 0 Å². The molecule has 3 aliphatic heterocycles. The second-order valence-corrected chi connectivity index (χ2v) is 22.3. The van der Waals surface area contributed by atoms with E-state index in [1.54, 1.807) is 0 Å². The molecule has 3 heterocycles. The first-order chi connectivity index (χ1) is 38.1. The summed E-state index contributed by atoms with van der Waals surface area (Å²) in [6, 6.07) is -10.5. The molecule has 0 unspecified atom stereocenters. The fourth-order valence-corrected chi connectivity index (χ4v) is 10.4. The van der Waals surface area contributed by atoms with Crippen LogP contribution in [0.25, 0.3) is 0 Å². The summed E-state index contributed by atoms with van der Waals surface area (Å²) in [5.74, 6) is -13.3. The van der Waals surface area contributed by atoms with Gasteiger partial charge in [-0.3, -0.25) is 42.9 Å². The fraction of sp³-hybridized carbons (Fsp3) is 0.725. The van der Waals surface area contributed by atoms with Crippen LogP contribution < -0.4 is 36.5 Å². The molecule has 3 fully saturated rings. The van der Waals surface area contributed by atoms with Crippen molar-refractivity contribution in [3.05, 3.63) is 23.8 Å². The maximum absolute atomic E-state index is 14.6. The number of amides is 8. The standard InChI is InChI=1S/C51H82N8O21S/c1-4-5-6-7-8-9-10-11-12-13-14-15-16-17-37(66)53-30-22-34(64)47(72)57-49(74)41-42(67)26(2)24-59(41)51(76)39(33(63)23-36(52)65)55-48(73)40(44(69)43(68)28-18-19-32(62)35(20-28)80-81(77,78)79)56-46(71)31-21-29(61)25-58(31)50(75)38(27(3)60)54-45(30)70/h18-20,26-27,29-31,33-34,38-44,47,60-64,67-69,72H,4-17,21-25H2,1-3H3,(H2,52,65)(H,53,66)(H,54,70)(H,55,73)(H,56,71)(H,57,74)(H,77,78,79)/t26-,27+,29+,30-,31-,33+,34+,38-,39-,40-,41-,42-,43-,44-,47+/m0/s1. The van der Waals surface area contributed by atoms with E-state index >= 15 is 0 Å². The molecule has 0 radical (unpaired) electrons. The lowest BCUT2D eigenvalue weighted by atomic mass is 9.96. The van der Waals surface area contributed by atoms with E-state index in [-0.39, 0.29) is 6.42 Å². The summed E-state index contributed by atoms with van der Waals surface area (Å²) in [5, 5.41) is 111. The summed E-state index contributed by atoms with van der Waals surface area (Å²) in [6.07, 6.45) is -6.43. The highest BCUT2D eigenvalue weighted by atomic mass is 32.3. The van der Waals surface area contributed by atoms with Gasteiger partial charge in [-0.05, 0) is 31.0 Å². The Hall–Kier alpha value is -5.83. The molecule has 3 aliphatic rings. The number of hydrogen-bond acceptors (Lipinski definition) is 20. The lowest BCUT2D eigenvalue weighted by Gasteiger charge is -2.34. The van der Waals surface area contributed by atoms with Crippen LogP contribution in [0.4, 0.5) is 0 Å². The van der Waals surface area contributed by atoms with E-state index in [0.29, 0.717) is 28.7 Å². The summed E-state index contributed by atoms with van der Waals surface area (Å²) >= 11 is 0. The zero-order valence-electron chi connectivity index (χ0n) is 45.7. The van der Waals surface area contributed by atoms with Crippen molar-refractivity contribution < 1.29 is 101 Å². The number of phenolic OH excluding ortho intramolecular Hbond substituents is 1. The predicted octanol–water partition coefficient (Wildman–Crippen LogP) is -3.63. The SMILES string of the molecule is CCCCCCCCCCCCCCCC(=O)N[C@H]1C[C@@H](O)[C@@H](O)NC(=O)[C@@H]2[C@@H](O)[C@@H](C)CN2C(=O)[C@H]([C@H](O)CC(N)=O)NC(=O)[C@H]([C@H](O)[C@@H](O)c2ccc(O)c(OS(=O)(=O)O)c2)NC(=O)[C@@H]2C[C@@H](O)CN2C(=O)[C@H]([C@@H](C)O)NC1=O. The molecule has 30 heteroatoms. The monoisotopic (exact) mass is 1170 g/mol. The van der Waals surface area contributed by atoms with Gasteiger partial charge in [0.2, 0.25) is 47.3 Å². The number of unbranched alkanes of at least 4 members (excludes halogenated alkanes) is 12. The first kappa shape index (κ1) is 67.7. The number of aliphatic hydroxyl groups is 8. The van der Waals surface area contributed by atoms with Gasteiger partial charge >= 0.3 is 10.4 Å². The number of aliphatic hydroxyl groups excluding tert-OH is 8. The molecule has 0 aliphatic carbocycles. The zero-order valence-corrected chi connectivity index (χ0v) is 46.5. The molecule has 15 atom stereocenters. The largest absolute Gasteiger partial charge is 0.504 e. The first-order valence-electron chi connectivity index (χ1n) is 27.4. The van der Waals surface area contributed by atoms with Gasteiger partial charge in [-0.15, -0.1) is 0 Å². The van der Waals surface area contributed by atoms with E-state index in [0.717, 1.165) is 51.2 Å². The smallest absolute Gasteiger partial charge is 0.446 e. The van der Waals surface area contributed by atoms with Gasteiger partial charge in [0.25, 0.3) is 0 Å². The Bertz CT molecular complexity index is 2440. The number of nitrogens with one attached hydrogen (secondary N) is 5. The lowest BCUT2D eigenvalue weighted by molar-refractivity contribution is -0.149. The highest BCUT2D eigenvalue weighted by Gasteiger charge is 2.51. The van der Waals surface area contributed by atoms with Crippen molar-refractivity contribution in [2.45, 2.75) is 215 Å². The average molecular weight is 1180 g/mol. The number of hydrogen-bond donors (Lipinski definition) is 16. The maximum Gasteiger partial charge on any atom is 0.446 e. The van der Waals surface area contributed by atoms with E-state index < -0.39 is 198 Å². The molecule has 8 amide bonds. The quantitative estimate of drug-likeness (QED) is 0.0351. The number of phenols is 1. The molecular weight excluding hydrogens is 1090 g/mol. The van der Waals surface area contributed by atoms with Crippen LogP contribution >= 0.6 is 0 Å². The summed E-state index contributed by atoms with van der Waals surface area (Å²) < 4.78 is 36.6. The van der Waals surface area contributed by atoms with E-state index in [1.165, 1.54) is 45.4 Å². The van der Waals surface area contributed by atoms with Crippen LogP contribution in [0.15, 0.2) is 18.2 Å². The predicted molar refractivity (Wildman–Crippen MR) is 282 cm³/mol. The summed E-state index contributed by atoms with van der Waals surface area (Å²) in [5.41, 5.74) is 4.75. The second kappa shape index (κ2) is 31.6. The van der Waals surface area contributed by atoms with Gasteiger partial charge in [-0.1, -0.05) is 97.0 Å². The first-order valence-corrected chi connectivity index (χ1v) is 28.8. The van der Waals surface area contributed by atoms with Crippen LogP contribution in [-0.2, 0) is 48.8 Å². The van der Waals surface area contributed by atoms with Crippen LogP contribution in [0.2, 0.25) is 0 Å². The molecule has 1 aromatic rings. The van der Waals surface area contributed by atoms with Crippen LogP contribution in [0, 0.1) is 5.92 Å². The van der Waals surface area contributed by atoms with Crippen LogP contribution in [0.3, 0.4) is 0 Å². The minimum absolute atomic E-state index is 0.114. The third-order valence-corrected chi connectivity index (χ3v) is 15.0. The summed E-state index contributed by atoms with van der Waals surface area (Å²) in [4.78, 5) is 113. The van der Waals surface area contributed by atoms with Gasteiger partial charge in [0.15, 0.2) is 17.7 Å². The lowest BCUT2D eigenvalue weighted by Crippen LogP contribution is -2.64. The number of rotatable bonds is 24. The summed E-state index contributed by atoms with van der Waals surface area (Å²) in [7, 11) is -5.33. The van der Waals surface area contributed by atoms with Crippen molar-refractivity contribution in [1.82, 2.24) is 36.4 Å². The summed E-state index contributed by atoms with van der Waals surface area (Å²) in [6.45, 7) is 3.39. The van der Waals surface area contributed by atoms with Gasteiger partial charge in [-0.2, -0.15) is 8.42 Å². The minimum Gasteiger partial charge on any atom is -0.504 e. The number of primary amides is 1. The van der Waals surface area contributed by atoms with Gasteiger partial charge in [0.05, 0.1) is 30.8 Å². The fourth-order valence-electron chi connectivity index (χ4n) is 10.1. The van der Waals surface area contributed by atoms with Gasteiger partial charge < -0.3 is 92.3 Å². The number of aromatic hydroxyl groups is 1. The molecule has 458 valence electrons.